The Morgan fingerprint density at radius 3 is 2.56 bits per heavy atom. The molecule has 2 N–H and O–H groups in total. The largest absolute Gasteiger partial charge is 0.504 e. The van der Waals surface area contributed by atoms with Crippen LogP contribution < -0.4 is 4.74 Å². The molecule has 1 aliphatic rings. The summed E-state index contributed by atoms with van der Waals surface area (Å²) in [4.78, 5) is 0. The molecule has 0 aliphatic carbocycles. The van der Waals surface area contributed by atoms with E-state index in [1.165, 1.54) is 6.07 Å². The van der Waals surface area contributed by atoms with Crippen molar-refractivity contribution in [3.05, 3.63) is 53.6 Å². The van der Waals surface area contributed by atoms with Crippen molar-refractivity contribution in [2.24, 2.45) is 0 Å². The fraction of sp³-hybridized carbons (Fsp3) is 0.200. The van der Waals surface area contributed by atoms with Crippen LogP contribution in [0.3, 0.4) is 0 Å². The van der Waals surface area contributed by atoms with Crippen molar-refractivity contribution in [1.82, 2.24) is 0 Å². The van der Waals surface area contributed by atoms with E-state index in [-0.39, 0.29) is 17.6 Å². The van der Waals surface area contributed by atoms with E-state index in [4.69, 9.17) is 4.74 Å². The molecule has 0 spiro atoms. The minimum absolute atomic E-state index is 0.0635. The average molecular weight is 242 g/mol. The van der Waals surface area contributed by atoms with E-state index in [9.17, 15) is 10.2 Å². The molecule has 0 bridgehead atoms. The van der Waals surface area contributed by atoms with Gasteiger partial charge >= 0.3 is 0 Å². The first kappa shape index (κ1) is 11.0. The lowest BCUT2D eigenvalue weighted by molar-refractivity contribution is 0.168. The molecule has 3 nitrogen and oxygen atoms in total. The second-order valence-electron chi connectivity index (χ2n) is 4.48. The van der Waals surface area contributed by atoms with Gasteiger partial charge in [-0.3, -0.25) is 0 Å². The van der Waals surface area contributed by atoms with Crippen LogP contribution in [-0.4, -0.2) is 10.2 Å². The topological polar surface area (TPSA) is 49.7 Å². The summed E-state index contributed by atoms with van der Waals surface area (Å²) >= 11 is 0. The molecular formula is C15H14O3. The number of benzene rings is 2. The summed E-state index contributed by atoms with van der Waals surface area (Å²) < 4.78 is 5.82. The van der Waals surface area contributed by atoms with Crippen LogP contribution in [0, 0.1) is 0 Å². The molecule has 1 heterocycles. The Labute approximate surface area is 105 Å². The molecule has 1 unspecified atom stereocenters. The van der Waals surface area contributed by atoms with Gasteiger partial charge in [0.1, 0.15) is 6.10 Å². The highest BCUT2D eigenvalue weighted by Crippen LogP contribution is 2.44. The first-order valence-electron chi connectivity index (χ1n) is 6.01. The Hall–Kier alpha value is -2.16. The molecule has 2 aromatic rings. The van der Waals surface area contributed by atoms with E-state index in [2.05, 4.69) is 0 Å². The van der Waals surface area contributed by atoms with Gasteiger partial charge in [-0.05, 0) is 30.0 Å². The zero-order valence-corrected chi connectivity index (χ0v) is 9.84. The van der Waals surface area contributed by atoms with Gasteiger partial charge in [0.15, 0.2) is 11.5 Å². The van der Waals surface area contributed by atoms with Crippen molar-refractivity contribution >= 4 is 0 Å². The highest BCUT2D eigenvalue weighted by atomic mass is 16.5. The first-order valence-corrected chi connectivity index (χ1v) is 6.01. The number of hydrogen-bond acceptors (Lipinski definition) is 3. The van der Waals surface area contributed by atoms with Gasteiger partial charge in [-0.25, -0.2) is 0 Å². The molecule has 0 saturated heterocycles. The van der Waals surface area contributed by atoms with Crippen molar-refractivity contribution in [3.63, 3.8) is 0 Å². The third-order valence-electron chi connectivity index (χ3n) is 3.30. The lowest BCUT2D eigenvalue weighted by Crippen LogP contribution is -2.15. The molecule has 2 aromatic carbocycles. The molecule has 0 amide bonds. The minimum atomic E-state index is -0.159. The summed E-state index contributed by atoms with van der Waals surface area (Å²) in [7, 11) is 0. The van der Waals surface area contributed by atoms with E-state index < -0.39 is 0 Å². The van der Waals surface area contributed by atoms with Crippen LogP contribution in [0.5, 0.6) is 17.2 Å². The lowest BCUT2D eigenvalue weighted by atomic mass is 9.97. The van der Waals surface area contributed by atoms with Crippen LogP contribution in [0.4, 0.5) is 0 Å². The molecule has 3 rings (SSSR count). The van der Waals surface area contributed by atoms with Crippen LogP contribution in [-0.2, 0) is 6.42 Å². The molecule has 18 heavy (non-hydrogen) atoms. The third-order valence-corrected chi connectivity index (χ3v) is 3.30. The monoisotopic (exact) mass is 242 g/mol. The normalized spacial score (nSPS) is 17.9. The maximum atomic E-state index is 9.83. The van der Waals surface area contributed by atoms with Crippen LogP contribution in [0.1, 0.15) is 23.7 Å². The van der Waals surface area contributed by atoms with E-state index in [1.807, 2.05) is 30.3 Å². The van der Waals surface area contributed by atoms with E-state index in [1.54, 1.807) is 6.07 Å². The predicted molar refractivity (Wildman–Crippen MR) is 67.9 cm³/mol. The molecule has 0 fully saturated rings. The summed E-state index contributed by atoms with van der Waals surface area (Å²) in [6, 6.07) is 13.2. The minimum Gasteiger partial charge on any atom is -0.504 e. The molecule has 0 aromatic heterocycles. The van der Waals surface area contributed by atoms with Crippen LogP contribution in [0.15, 0.2) is 42.5 Å². The first-order chi connectivity index (χ1) is 8.75. The van der Waals surface area contributed by atoms with Crippen molar-refractivity contribution in [3.8, 4) is 17.2 Å². The van der Waals surface area contributed by atoms with Crippen LogP contribution in [0.2, 0.25) is 0 Å². The predicted octanol–water partition coefficient (Wildman–Crippen LogP) is 3.16. The zero-order valence-electron chi connectivity index (χ0n) is 9.84. The Bertz CT molecular complexity index is 563. The number of fused-ring (bicyclic) bond motifs is 1. The molecule has 92 valence electrons. The number of aryl methyl sites for hydroxylation is 1. The zero-order chi connectivity index (χ0) is 12.5. The van der Waals surface area contributed by atoms with Crippen molar-refractivity contribution in [2.75, 3.05) is 0 Å². The Morgan fingerprint density at radius 1 is 1.00 bits per heavy atom. The van der Waals surface area contributed by atoms with Gasteiger partial charge in [0.25, 0.3) is 0 Å². The molecule has 3 heteroatoms. The maximum Gasteiger partial charge on any atom is 0.200 e. The third kappa shape index (κ3) is 1.78. The SMILES string of the molecule is Oc1ccc2c(c1O)OC(c1ccccc1)CC2. The number of phenolic OH excluding ortho intramolecular Hbond substituents is 2. The van der Waals surface area contributed by atoms with Crippen molar-refractivity contribution in [2.45, 2.75) is 18.9 Å². The molecular weight excluding hydrogens is 228 g/mol. The number of rotatable bonds is 1. The van der Waals surface area contributed by atoms with Gasteiger partial charge in [0.05, 0.1) is 0 Å². The maximum absolute atomic E-state index is 9.83. The summed E-state index contributed by atoms with van der Waals surface area (Å²) in [5, 5.41) is 19.3. The highest BCUT2D eigenvalue weighted by molar-refractivity contribution is 5.55. The highest BCUT2D eigenvalue weighted by Gasteiger charge is 2.24. The number of aromatic hydroxyl groups is 2. The van der Waals surface area contributed by atoms with E-state index >= 15 is 0 Å². The summed E-state index contributed by atoms with van der Waals surface area (Å²) in [5.74, 6) is 0.116. The fourth-order valence-electron chi connectivity index (χ4n) is 2.32. The summed E-state index contributed by atoms with van der Waals surface area (Å²) in [6.07, 6.45) is 1.65. The van der Waals surface area contributed by atoms with Gasteiger partial charge < -0.3 is 14.9 Å². The van der Waals surface area contributed by atoms with Gasteiger partial charge in [-0.15, -0.1) is 0 Å². The summed E-state index contributed by atoms with van der Waals surface area (Å²) in [6.45, 7) is 0. The number of phenols is 2. The molecule has 0 radical (unpaired) electrons. The van der Waals surface area contributed by atoms with E-state index in [0.717, 1.165) is 24.0 Å². The second kappa shape index (κ2) is 4.26. The standard InChI is InChI=1S/C15H14O3/c16-12-8-6-11-7-9-13(18-15(11)14(12)17)10-4-2-1-3-5-10/h1-6,8,13,16-17H,7,9H2. The lowest BCUT2D eigenvalue weighted by Gasteiger charge is -2.27. The molecule has 1 atom stereocenters. The van der Waals surface area contributed by atoms with Gasteiger partial charge in [-0.1, -0.05) is 36.4 Å². The average Bonchev–Trinajstić information content (AvgIpc) is 2.44. The number of ether oxygens (including phenoxy) is 1. The Kier molecular flexibility index (Phi) is 2.59. The van der Waals surface area contributed by atoms with E-state index in [0.29, 0.717) is 5.75 Å². The fourth-order valence-corrected chi connectivity index (χ4v) is 2.32. The molecule has 0 saturated carbocycles. The Morgan fingerprint density at radius 2 is 1.78 bits per heavy atom. The van der Waals surface area contributed by atoms with Crippen LogP contribution in [0.25, 0.3) is 0 Å². The Balaban J connectivity index is 1.96. The number of hydrogen-bond donors (Lipinski definition) is 2. The van der Waals surface area contributed by atoms with Gasteiger partial charge in [0.2, 0.25) is 5.75 Å². The second-order valence-corrected chi connectivity index (χ2v) is 4.48. The van der Waals surface area contributed by atoms with Gasteiger partial charge in [0, 0.05) is 0 Å². The van der Waals surface area contributed by atoms with Gasteiger partial charge in [-0.2, -0.15) is 0 Å². The van der Waals surface area contributed by atoms with Crippen LogP contribution >= 0.6 is 0 Å². The molecule has 1 aliphatic heterocycles. The smallest absolute Gasteiger partial charge is 0.200 e. The van der Waals surface area contributed by atoms with Crippen molar-refractivity contribution < 1.29 is 14.9 Å². The summed E-state index contributed by atoms with van der Waals surface area (Å²) in [5.41, 5.74) is 2.03. The quantitative estimate of drug-likeness (QED) is 0.755. The van der Waals surface area contributed by atoms with Crippen molar-refractivity contribution in [1.29, 1.82) is 0 Å².